The van der Waals surface area contributed by atoms with Crippen LogP contribution in [0.2, 0.25) is 0 Å². The highest BCUT2D eigenvalue weighted by atomic mass is 32.1. The van der Waals surface area contributed by atoms with E-state index >= 15 is 0 Å². The van der Waals surface area contributed by atoms with Gasteiger partial charge in [-0.1, -0.05) is 6.92 Å². The Kier molecular flexibility index (Phi) is 4.71. The van der Waals surface area contributed by atoms with Gasteiger partial charge in [-0.3, -0.25) is 4.79 Å². The molecule has 0 saturated heterocycles. The molecule has 0 spiro atoms. The minimum atomic E-state index is -0.499. The van der Waals surface area contributed by atoms with Crippen LogP contribution in [0.1, 0.15) is 52.3 Å². The molecule has 0 unspecified atom stereocenters. The van der Waals surface area contributed by atoms with Gasteiger partial charge in [0.15, 0.2) is 5.78 Å². The van der Waals surface area contributed by atoms with Crippen LogP contribution in [0.15, 0.2) is 6.07 Å². The predicted molar refractivity (Wildman–Crippen MR) is 85.1 cm³/mol. The van der Waals surface area contributed by atoms with Crippen LogP contribution in [-0.4, -0.2) is 28.6 Å². The molecule has 0 fully saturated rings. The van der Waals surface area contributed by atoms with Crippen LogP contribution in [0.5, 0.6) is 11.5 Å². The number of fused-ring (bicyclic) bond motifs is 1. The lowest BCUT2D eigenvalue weighted by Gasteiger charge is -2.07. The molecule has 0 bridgehead atoms. The van der Waals surface area contributed by atoms with Gasteiger partial charge in [-0.05, 0) is 31.9 Å². The molecular formula is C16H18O5S. The maximum Gasteiger partial charge on any atom is 0.348 e. The molecule has 1 aromatic heterocycles. The third-order valence-corrected chi connectivity index (χ3v) is 4.69. The smallest absolute Gasteiger partial charge is 0.348 e. The lowest BCUT2D eigenvalue weighted by Crippen LogP contribution is -2.03. The van der Waals surface area contributed by atoms with Crippen LogP contribution in [-0.2, 0) is 4.74 Å². The van der Waals surface area contributed by atoms with E-state index in [0.717, 1.165) is 11.3 Å². The van der Waals surface area contributed by atoms with Crippen molar-refractivity contribution in [3.8, 4) is 11.5 Å². The second kappa shape index (κ2) is 6.36. The van der Waals surface area contributed by atoms with Gasteiger partial charge in [0.25, 0.3) is 0 Å². The molecule has 22 heavy (non-hydrogen) atoms. The topological polar surface area (TPSA) is 83.8 Å². The number of ketones is 1. The molecule has 0 atom stereocenters. The number of hydrogen-bond acceptors (Lipinski definition) is 6. The molecule has 0 aliphatic carbocycles. The van der Waals surface area contributed by atoms with Gasteiger partial charge < -0.3 is 14.9 Å². The number of thiophene rings is 1. The van der Waals surface area contributed by atoms with Gasteiger partial charge in [0.05, 0.1) is 16.9 Å². The Morgan fingerprint density at radius 2 is 1.95 bits per heavy atom. The predicted octanol–water partition coefficient (Wildman–Crippen LogP) is 3.78. The summed E-state index contributed by atoms with van der Waals surface area (Å²) in [7, 11) is 0. The second-order valence-corrected chi connectivity index (χ2v) is 5.97. The standard InChI is InChI=1S/C16H18O5S/c1-4-6-10(17)9-7-11(18)15-12(13(9)19)8(3)14(22-15)16(20)21-5-2/h7,18-19H,4-6H2,1-3H3. The molecule has 0 amide bonds. The molecule has 5 nitrogen and oxygen atoms in total. The number of phenols is 2. The van der Waals surface area contributed by atoms with Crippen LogP contribution in [0.25, 0.3) is 10.1 Å². The average molecular weight is 322 g/mol. The van der Waals surface area contributed by atoms with E-state index < -0.39 is 5.97 Å². The third-order valence-electron chi connectivity index (χ3n) is 3.39. The van der Waals surface area contributed by atoms with Crippen LogP contribution >= 0.6 is 11.3 Å². The number of rotatable bonds is 5. The highest BCUT2D eigenvalue weighted by molar-refractivity contribution is 7.21. The van der Waals surface area contributed by atoms with Crippen molar-refractivity contribution < 1.29 is 24.5 Å². The van der Waals surface area contributed by atoms with Gasteiger partial charge in [-0.25, -0.2) is 4.79 Å². The zero-order valence-electron chi connectivity index (χ0n) is 12.7. The summed E-state index contributed by atoms with van der Waals surface area (Å²) in [4.78, 5) is 24.3. The molecule has 2 aromatic rings. The number of phenolic OH excluding ortho intramolecular Hbond substituents is 2. The number of ether oxygens (including phenoxy) is 1. The summed E-state index contributed by atoms with van der Waals surface area (Å²) in [5, 5.41) is 20.9. The van der Waals surface area contributed by atoms with Gasteiger partial charge in [0, 0.05) is 11.8 Å². The Labute approximate surface area is 132 Å². The number of carbonyl (C=O) groups is 2. The van der Waals surface area contributed by atoms with Crippen molar-refractivity contribution in [2.45, 2.75) is 33.6 Å². The quantitative estimate of drug-likeness (QED) is 0.497. The normalized spacial score (nSPS) is 10.9. The van der Waals surface area contributed by atoms with E-state index in [-0.39, 0.29) is 35.9 Å². The largest absolute Gasteiger partial charge is 0.506 e. The van der Waals surface area contributed by atoms with Crippen molar-refractivity contribution in [3.05, 3.63) is 22.1 Å². The fourth-order valence-electron chi connectivity index (χ4n) is 2.35. The van der Waals surface area contributed by atoms with Crippen molar-refractivity contribution in [2.24, 2.45) is 0 Å². The number of benzene rings is 1. The summed E-state index contributed by atoms with van der Waals surface area (Å²) in [5.41, 5.74) is 0.598. The number of Topliss-reactive ketones (excluding diaryl/α,β-unsaturated/α-hetero) is 1. The first-order valence-electron chi connectivity index (χ1n) is 7.10. The first kappa shape index (κ1) is 16.3. The van der Waals surface area contributed by atoms with E-state index in [1.807, 2.05) is 6.92 Å². The summed E-state index contributed by atoms with van der Waals surface area (Å²) in [6.07, 6.45) is 0.931. The Hall–Kier alpha value is -2.08. The highest BCUT2D eigenvalue weighted by Gasteiger charge is 2.24. The Balaban J connectivity index is 2.68. The maximum absolute atomic E-state index is 12.1. The van der Waals surface area contributed by atoms with Gasteiger partial charge in [0.2, 0.25) is 0 Å². The molecule has 0 saturated carbocycles. The van der Waals surface area contributed by atoms with Crippen LogP contribution in [0, 0.1) is 6.92 Å². The van der Waals surface area contributed by atoms with Crippen LogP contribution in [0.3, 0.4) is 0 Å². The fourth-order valence-corrected chi connectivity index (χ4v) is 3.47. The number of hydrogen-bond donors (Lipinski definition) is 2. The molecule has 0 aliphatic heterocycles. The van der Waals surface area contributed by atoms with E-state index in [0.29, 0.717) is 26.9 Å². The molecule has 1 aromatic carbocycles. The molecule has 0 aliphatic rings. The summed E-state index contributed by atoms with van der Waals surface area (Å²) >= 11 is 1.05. The van der Waals surface area contributed by atoms with Gasteiger partial charge >= 0.3 is 5.97 Å². The minimum Gasteiger partial charge on any atom is -0.506 e. The summed E-state index contributed by atoms with van der Waals surface area (Å²) in [6.45, 7) is 5.47. The van der Waals surface area contributed by atoms with E-state index in [1.165, 1.54) is 6.07 Å². The summed E-state index contributed by atoms with van der Waals surface area (Å²) in [6, 6.07) is 1.26. The van der Waals surface area contributed by atoms with Crippen molar-refractivity contribution in [1.82, 2.24) is 0 Å². The zero-order chi connectivity index (χ0) is 16.4. The monoisotopic (exact) mass is 322 g/mol. The first-order chi connectivity index (χ1) is 10.4. The van der Waals surface area contributed by atoms with Crippen molar-refractivity contribution in [2.75, 3.05) is 6.61 Å². The first-order valence-corrected chi connectivity index (χ1v) is 7.92. The Bertz CT molecular complexity index is 745. The van der Waals surface area contributed by atoms with Crippen molar-refractivity contribution >= 4 is 33.2 Å². The Morgan fingerprint density at radius 1 is 1.27 bits per heavy atom. The lowest BCUT2D eigenvalue weighted by atomic mass is 10.0. The third kappa shape index (κ3) is 2.66. The molecule has 6 heteroatoms. The number of aryl methyl sites for hydroxylation is 1. The summed E-state index contributed by atoms with van der Waals surface area (Å²) < 4.78 is 5.36. The van der Waals surface area contributed by atoms with Crippen LogP contribution < -0.4 is 0 Å². The van der Waals surface area contributed by atoms with E-state index in [1.54, 1.807) is 13.8 Å². The molecule has 0 radical (unpaired) electrons. The van der Waals surface area contributed by atoms with Gasteiger partial charge in [0.1, 0.15) is 16.4 Å². The minimum absolute atomic E-state index is 0.0863. The van der Waals surface area contributed by atoms with E-state index in [9.17, 15) is 19.8 Å². The van der Waals surface area contributed by atoms with Gasteiger partial charge in [-0.15, -0.1) is 11.3 Å². The van der Waals surface area contributed by atoms with Crippen molar-refractivity contribution in [3.63, 3.8) is 0 Å². The maximum atomic E-state index is 12.1. The Morgan fingerprint density at radius 3 is 2.55 bits per heavy atom. The fraction of sp³-hybridized carbons (Fsp3) is 0.375. The highest BCUT2D eigenvalue weighted by Crippen LogP contribution is 2.44. The molecule has 1 heterocycles. The van der Waals surface area contributed by atoms with E-state index in [2.05, 4.69) is 0 Å². The average Bonchev–Trinajstić information content (AvgIpc) is 2.82. The molecule has 2 N–H and O–H groups in total. The van der Waals surface area contributed by atoms with E-state index in [4.69, 9.17) is 4.74 Å². The summed E-state index contributed by atoms with van der Waals surface area (Å²) in [5.74, 6) is -1.03. The molecule has 118 valence electrons. The molecule has 2 rings (SSSR count). The molecular weight excluding hydrogens is 304 g/mol. The van der Waals surface area contributed by atoms with Gasteiger partial charge in [-0.2, -0.15) is 0 Å². The number of esters is 1. The van der Waals surface area contributed by atoms with Crippen LogP contribution in [0.4, 0.5) is 0 Å². The number of aromatic hydroxyl groups is 2. The lowest BCUT2D eigenvalue weighted by molar-refractivity contribution is 0.0531. The SMILES string of the molecule is CCCC(=O)c1cc(O)c2sc(C(=O)OCC)c(C)c2c1O. The van der Waals surface area contributed by atoms with Crippen molar-refractivity contribution in [1.29, 1.82) is 0 Å². The number of carbonyl (C=O) groups excluding carboxylic acids is 2. The zero-order valence-corrected chi connectivity index (χ0v) is 13.5. The second-order valence-electron chi connectivity index (χ2n) is 4.95.